The number of carbonyl (C=O) groups excluding carboxylic acids is 1. The molecular weight excluding hydrogens is 373 g/mol. The Hall–Kier alpha value is -3.23. The summed E-state index contributed by atoms with van der Waals surface area (Å²) >= 11 is 0. The number of aromatic nitrogens is 3. The van der Waals surface area contributed by atoms with Gasteiger partial charge < -0.3 is 9.42 Å². The molecule has 0 aliphatic carbocycles. The maximum absolute atomic E-state index is 13.9. The maximum Gasteiger partial charge on any atom is 0.260 e. The number of carbonyl (C=O) groups is 1. The number of piperidine rings is 1. The van der Waals surface area contributed by atoms with Gasteiger partial charge in [-0.25, -0.2) is 13.8 Å². The lowest BCUT2D eigenvalue weighted by molar-refractivity contribution is 0.0703. The van der Waals surface area contributed by atoms with Crippen molar-refractivity contribution in [2.45, 2.75) is 18.8 Å². The molecule has 0 spiro atoms. The molecule has 144 valence electrons. The van der Waals surface area contributed by atoms with Crippen molar-refractivity contribution in [1.82, 2.24) is 20.0 Å². The van der Waals surface area contributed by atoms with Gasteiger partial charge >= 0.3 is 0 Å². The molecular formula is C19H15F3N4O2. The number of pyridine rings is 1. The summed E-state index contributed by atoms with van der Waals surface area (Å²) < 4.78 is 45.1. The Kier molecular flexibility index (Phi) is 4.81. The first-order valence-electron chi connectivity index (χ1n) is 8.71. The number of hydrogen-bond donors (Lipinski definition) is 0. The SMILES string of the molecule is O=C(c1ccc(F)nc1)N1CCCC(c2noc(-c3ccc(F)cc3F)n2)C1. The molecule has 1 aliphatic heterocycles. The zero-order valence-corrected chi connectivity index (χ0v) is 14.6. The van der Waals surface area contributed by atoms with Crippen molar-refractivity contribution in [2.24, 2.45) is 0 Å². The van der Waals surface area contributed by atoms with E-state index >= 15 is 0 Å². The van der Waals surface area contributed by atoms with Gasteiger partial charge in [-0.15, -0.1) is 0 Å². The first kappa shape index (κ1) is 18.1. The van der Waals surface area contributed by atoms with E-state index in [2.05, 4.69) is 15.1 Å². The lowest BCUT2D eigenvalue weighted by atomic mass is 9.97. The van der Waals surface area contributed by atoms with E-state index in [-0.39, 0.29) is 23.3 Å². The van der Waals surface area contributed by atoms with E-state index < -0.39 is 17.6 Å². The highest BCUT2D eigenvalue weighted by molar-refractivity contribution is 5.94. The number of rotatable bonds is 3. The third kappa shape index (κ3) is 3.60. The second kappa shape index (κ2) is 7.41. The number of likely N-dealkylation sites (tertiary alicyclic amines) is 1. The second-order valence-corrected chi connectivity index (χ2v) is 6.54. The molecule has 1 aliphatic rings. The van der Waals surface area contributed by atoms with Crippen LogP contribution >= 0.6 is 0 Å². The summed E-state index contributed by atoms with van der Waals surface area (Å²) in [6, 6.07) is 5.62. The Bertz CT molecular complexity index is 1010. The van der Waals surface area contributed by atoms with Crippen LogP contribution in [-0.4, -0.2) is 39.0 Å². The van der Waals surface area contributed by atoms with Crippen molar-refractivity contribution in [3.05, 3.63) is 65.5 Å². The first-order chi connectivity index (χ1) is 13.5. The van der Waals surface area contributed by atoms with Gasteiger partial charge in [0, 0.05) is 31.3 Å². The largest absolute Gasteiger partial charge is 0.338 e. The van der Waals surface area contributed by atoms with Crippen LogP contribution in [0.3, 0.4) is 0 Å². The number of amides is 1. The molecule has 1 aromatic carbocycles. The molecule has 0 N–H and O–H groups in total. The smallest absolute Gasteiger partial charge is 0.260 e. The van der Waals surface area contributed by atoms with E-state index in [0.29, 0.717) is 24.5 Å². The molecule has 1 unspecified atom stereocenters. The van der Waals surface area contributed by atoms with Crippen molar-refractivity contribution >= 4 is 5.91 Å². The normalized spacial score (nSPS) is 17.0. The number of halogens is 3. The second-order valence-electron chi connectivity index (χ2n) is 6.54. The van der Waals surface area contributed by atoms with E-state index in [1.165, 1.54) is 18.3 Å². The molecule has 28 heavy (non-hydrogen) atoms. The lowest BCUT2D eigenvalue weighted by Crippen LogP contribution is -2.39. The number of benzene rings is 1. The molecule has 0 saturated carbocycles. The van der Waals surface area contributed by atoms with Gasteiger partial charge in [-0.3, -0.25) is 4.79 Å². The van der Waals surface area contributed by atoms with E-state index in [9.17, 15) is 18.0 Å². The summed E-state index contributed by atoms with van der Waals surface area (Å²) in [5, 5.41) is 3.91. The third-order valence-corrected chi connectivity index (χ3v) is 4.65. The van der Waals surface area contributed by atoms with Crippen molar-refractivity contribution in [1.29, 1.82) is 0 Å². The van der Waals surface area contributed by atoms with Crippen LogP contribution in [0.2, 0.25) is 0 Å². The average molecular weight is 388 g/mol. The van der Waals surface area contributed by atoms with Crippen LogP contribution in [0.5, 0.6) is 0 Å². The van der Waals surface area contributed by atoms with Crippen LogP contribution in [-0.2, 0) is 0 Å². The summed E-state index contributed by atoms with van der Waals surface area (Å²) in [4.78, 5) is 22.0. The minimum atomic E-state index is -0.792. The predicted molar refractivity (Wildman–Crippen MR) is 91.7 cm³/mol. The van der Waals surface area contributed by atoms with Gasteiger partial charge in [0.05, 0.1) is 11.1 Å². The zero-order valence-electron chi connectivity index (χ0n) is 14.6. The molecule has 4 rings (SSSR count). The van der Waals surface area contributed by atoms with E-state index in [1.54, 1.807) is 4.90 Å². The van der Waals surface area contributed by atoms with Gasteiger partial charge in [-0.05, 0) is 37.1 Å². The fourth-order valence-electron chi connectivity index (χ4n) is 3.23. The van der Waals surface area contributed by atoms with E-state index in [0.717, 1.165) is 31.0 Å². The molecule has 1 fully saturated rings. The Morgan fingerprint density at radius 2 is 2.04 bits per heavy atom. The van der Waals surface area contributed by atoms with Crippen molar-refractivity contribution in [3.8, 4) is 11.5 Å². The van der Waals surface area contributed by atoms with Crippen molar-refractivity contribution < 1.29 is 22.5 Å². The Balaban J connectivity index is 1.51. The molecule has 9 heteroatoms. The molecule has 6 nitrogen and oxygen atoms in total. The van der Waals surface area contributed by atoms with Crippen LogP contribution in [0.1, 0.15) is 34.9 Å². The summed E-state index contributed by atoms with van der Waals surface area (Å²) in [5.41, 5.74) is 0.311. The molecule has 1 saturated heterocycles. The fraction of sp³-hybridized carbons (Fsp3) is 0.263. The summed E-state index contributed by atoms with van der Waals surface area (Å²) in [5.74, 6) is -2.28. The van der Waals surface area contributed by atoms with Crippen LogP contribution in [0.15, 0.2) is 41.1 Å². The molecule has 2 aromatic heterocycles. The molecule has 1 amide bonds. The van der Waals surface area contributed by atoms with Gasteiger partial charge in [0.15, 0.2) is 5.82 Å². The molecule has 3 aromatic rings. The summed E-state index contributed by atoms with van der Waals surface area (Å²) in [6.45, 7) is 0.894. The molecule has 0 bridgehead atoms. The molecule has 0 radical (unpaired) electrons. The third-order valence-electron chi connectivity index (χ3n) is 4.65. The summed E-state index contributed by atoms with van der Waals surface area (Å²) in [6.07, 6.45) is 2.65. The van der Waals surface area contributed by atoms with Crippen LogP contribution < -0.4 is 0 Å². The van der Waals surface area contributed by atoms with Crippen molar-refractivity contribution in [3.63, 3.8) is 0 Å². The molecule has 1 atom stereocenters. The monoisotopic (exact) mass is 388 g/mol. The standard InChI is InChI=1S/C19H15F3N4O2/c20-13-4-5-14(15(21)8-13)18-24-17(25-28-18)12-2-1-7-26(10-12)19(27)11-3-6-16(22)23-9-11/h3-6,8-9,12H,1-2,7,10H2. The highest BCUT2D eigenvalue weighted by Gasteiger charge is 2.29. The minimum Gasteiger partial charge on any atom is -0.338 e. The maximum atomic E-state index is 13.9. The topological polar surface area (TPSA) is 72.1 Å². The van der Waals surface area contributed by atoms with Gasteiger partial charge in [0.1, 0.15) is 11.6 Å². The summed E-state index contributed by atoms with van der Waals surface area (Å²) in [7, 11) is 0. The predicted octanol–water partition coefficient (Wildman–Crippen LogP) is 3.57. The Morgan fingerprint density at radius 1 is 1.18 bits per heavy atom. The first-order valence-corrected chi connectivity index (χ1v) is 8.71. The lowest BCUT2D eigenvalue weighted by Gasteiger charge is -2.31. The van der Waals surface area contributed by atoms with E-state index in [4.69, 9.17) is 4.52 Å². The Labute approximate surface area is 158 Å². The van der Waals surface area contributed by atoms with Crippen LogP contribution in [0, 0.1) is 17.6 Å². The van der Waals surface area contributed by atoms with Gasteiger partial charge in [0.2, 0.25) is 5.95 Å². The van der Waals surface area contributed by atoms with Crippen molar-refractivity contribution in [2.75, 3.05) is 13.1 Å². The minimum absolute atomic E-state index is 0.0151. The number of nitrogens with zero attached hydrogens (tertiary/aromatic N) is 4. The van der Waals surface area contributed by atoms with Gasteiger partial charge in [0.25, 0.3) is 11.8 Å². The van der Waals surface area contributed by atoms with E-state index in [1.807, 2.05) is 0 Å². The van der Waals surface area contributed by atoms with Crippen LogP contribution in [0.4, 0.5) is 13.2 Å². The zero-order chi connectivity index (χ0) is 19.7. The fourth-order valence-corrected chi connectivity index (χ4v) is 3.23. The van der Waals surface area contributed by atoms with Crippen LogP contribution in [0.25, 0.3) is 11.5 Å². The average Bonchev–Trinajstić information content (AvgIpc) is 3.18. The highest BCUT2D eigenvalue weighted by Crippen LogP contribution is 2.29. The highest BCUT2D eigenvalue weighted by atomic mass is 19.1. The molecule has 3 heterocycles. The Morgan fingerprint density at radius 3 is 2.79 bits per heavy atom. The van der Waals surface area contributed by atoms with Gasteiger partial charge in [-0.2, -0.15) is 9.37 Å². The number of hydrogen-bond acceptors (Lipinski definition) is 5. The quantitative estimate of drug-likeness (QED) is 0.642. The van der Waals surface area contributed by atoms with Gasteiger partial charge in [-0.1, -0.05) is 5.16 Å².